The second kappa shape index (κ2) is 12.3. The third-order valence-corrected chi connectivity index (χ3v) is 5.17. The standard InChI is InChI=1S/C22H35N5O2.HI/c1-4-23-22(24-15-18(3)29-20-9-5-17(2)6-10-20)27-13-11-26(12-14-27)16-21(28)25-19-7-8-19;/h5-6,9-10,18-19H,4,7-8,11-16H2,1-3H3,(H,23,24)(H,25,28);1H. The van der Waals surface area contributed by atoms with Crippen LogP contribution in [0.5, 0.6) is 5.75 Å². The van der Waals surface area contributed by atoms with Gasteiger partial charge in [0.05, 0.1) is 13.1 Å². The van der Waals surface area contributed by atoms with Crippen LogP contribution in [0.15, 0.2) is 29.3 Å². The Morgan fingerprint density at radius 2 is 1.87 bits per heavy atom. The molecular weight excluding hydrogens is 493 g/mol. The summed E-state index contributed by atoms with van der Waals surface area (Å²) in [6.45, 7) is 11.6. The Bertz CT molecular complexity index is 685. The summed E-state index contributed by atoms with van der Waals surface area (Å²) in [6.07, 6.45) is 2.26. The van der Waals surface area contributed by atoms with Crippen LogP contribution in [-0.4, -0.2) is 79.6 Å². The summed E-state index contributed by atoms with van der Waals surface area (Å²) in [6, 6.07) is 8.54. The van der Waals surface area contributed by atoms with Gasteiger partial charge in [0.15, 0.2) is 5.96 Å². The summed E-state index contributed by atoms with van der Waals surface area (Å²) in [4.78, 5) is 21.3. The molecule has 7 nitrogen and oxygen atoms in total. The van der Waals surface area contributed by atoms with Gasteiger partial charge in [0.2, 0.25) is 5.91 Å². The first-order valence-corrected chi connectivity index (χ1v) is 10.8. The molecule has 1 saturated carbocycles. The number of carbonyl (C=O) groups excluding carboxylic acids is 1. The van der Waals surface area contributed by atoms with E-state index in [-0.39, 0.29) is 36.0 Å². The van der Waals surface area contributed by atoms with Gasteiger partial charge in [-0.25, -0.2) is 4.99 Å². The molecule has 3 rings (SSSR count). The number of carbonyl (C=O) groups is 1. The fraction of sp³-hybridized carbons (Fsp3) is 0.636. The fourth-order valence-corrected chi connectivity index (χ4v) is 3.35. The third kappa shape index (κ3) is 8.29. The van der Waals surface area contributed by atoms with Gasteiger partial charge in [-0.1, -0.05) is 17.7 Å². The summed E-state index contributed by atoms with van der Waals surface area (Å²) in [5.74, 6) is 1.96. The van der Waals surface area contributed by atoms with Crippen LogP contribution in [0.3, 0.4) is 0 Å². The van der Waals surface area contributed by atoms with Crippen molar-refractivity contribution in [2.45, 2.75) is 45.8 Å². The average molecular weight is 529 g/mol. The number of halogens is 1. The molecule has 0 bridgehead atoms. The predicted octanol–water partition coefficient (Wildman–Crippen LogP) is 2.24. The van der Waals surface area contributed by atoms with Crippen molar-refractivity contribution in [1.82, 2.24) is 20.4 Å². The first-order valence-electron chi connectivity index (χ1n) is 10.8. The van der Waals surface area contributed by atoms with Gasteiger partial charge in [0, 0.05) is 38.8 Å². The Labute approximate surface area is 197 Å². The molecular formula is C22H36IN5O2. The van der Waals surface area contributed by atoms with E-state index in [1.807, 2.05) is 19.1 Å². The molecule has 168 valence electrons. The average Bonchev–Trinajstić information content (AvgIpc) is 3.51. The first-order chi connectivity index (χ1) is 14.0. The molecule has 1 saturated heterocycles. The number of nitrogens with zero attached hydrogens (tertiary/aromatic N) is 3. The number of amides is 1. The molecule has 1 aromatic rings. The number of guanidine groups is 1. The summed E-state index contributed by atoms with van der Waals surface area (Å²) in [7, 11) is 0. The van der Waals surface area contributed by atoms with Gasteiger partial charge >= 0.3 is 0 Å². The number of aryl methyl sites for hydroxylation is 1. The molecule has 2 aliphatic rings. The van der Waals surface area contributed by atoms with E-state index in [1.165, 1.54) is 5.56 Å². The molecule has 8 heteroatoms. The van der Waals surface area contributed by atoms with E-state index in [4.69, 9.17) is 9.73 Å². The number of aliphatic imine (C=N–C) groups is 1. The fourth-order valence-electron chi connectivity index (χ4n) is 3.35. The number of rotatable bonds is 8. The molecule has 30 heavy (non-hydrogen) atoms. The molecule has 1 aliphatic heterocycles. The molecule has 1 heterocycles. The van der Waals surface area contributed by atoms with Crippen LogP contribution in [0.2, 0.25) is 0 Å². The van der Waals surface area contributed by atoms with E-state index in [2.05, 4.69) is 46.4 Å². The zero-order valence-electron chi connectivity index (χ0n) is 18.4. The van der Waals surface area contributed by atoms with Gasteiger partial charge in [-0.2, -0.15) is 0 Å². The van der Waals surface area contributed by atoms with Crippen LogP contribution < -0.4 is 15.4 Å². The van der Waals surface area contributed by atoms with Crippen molar-refractivity contribution in [3.8, 4) is 5.75 Å². The molecule has 1 aliphatic carbocycles. The smallest absolute Gasteiger partial charge is 0.234 e. The Kier molecular flexibility index (Phi) is 10.2. The van der Waals surface area contributed by atoms with Crippen LogP contribution in [0.4, 0.5) is 0 Å². The van der Waals surface area contributed by atoms with Crippen LogP contribution in [0.25, 0.3) is 0 Å². The highest BCUT2D eigenvalue weighted by Crippen LogP contribution is 2.18. The number of benzene rings is 1. The van der Waals surface area contributed by atoms with Crippen molar-refractivity contribution in [2.24, 2.45) is 4.99 Å². The molecule has 2 N–H and O–H groups in total. The highest BCUT2D eigenvalue weighted by molar-refractivity contribution is 14.0. The minimum absolute atomic E-state index is 0. The largest absolute Gasteiger partial charge is 0.489 e. The van der Waals surface area contributed by atoms with Crippen LogP contribution in [-0.2, 0) is 4.79 Å². The van der Waals surface area contributed by atoms with E-state index in [0.29, 0.717) is 19.1 Å². The minimum Gasteiger partial charge on any atom is -0.489 e. The normalized spacial score (nSPS) is 18.4. The summed E-state index contributed by atoms with van der Waals surface area (Å²) >= 11 is 0. The lowest BCUT2D eigenvalue weighted by Crippen LogP contribution is -2.54. The van der Waals surface area contributed by atoms with Crippen molar-refractivity contribution in [2.75, 3.05) is 45.8 Å². The van der Waals surface area contributed by atoms with E-state index in [1.54, 1.807) is 0 Å². The van der Waals surface area contributed by atoms with E-state index < -0.39 is 0 Å². The quantitative estimate of drug-likeness (QED) is 0.307. The molecule has 1 atom stereocenters. The predicted molar refractivity (Wildman–Crippen MR) is 132 cm³/mol. The highest BCUT2D eigenvalue weighted by atomic mass is 127. The number of nitrogens with one attached hydrogen (secondary N) is 2. The summed E-state index contributed by atoms with van der Waals surface area (Å²) in [5, 5.41) is 6.46. The molecule has 0 spiro atoms. The molecule has 1 unspecified atom stereocenters. The van der Waals surface area contributed by atoms with Crippen LogP contribution in [0, 0.1) is 6.92 Å². The Balaban J connectivity index is 0.00000320. The van der Waals surface area contributed by atoms with Gasteiger partial charge in [-0.05, 0) is 45.7 Å². The van der Waals surface area contributed by atoms with Crippen molar-refractivity contribution < 1.29 is 9.53 Å². The van der Waals surface area contributed by atoms with Crippen molar-refractivity contribution in [3.05, 3.63) is 29.8 Å². The lowest BCUT2D eigenvalue weighted by Gasteiger charge is -2.36. The maximum atomic E-state index is 12.0. The van der Waals surface area contributed by atoms with Gasteiger partial charge < -0.3 is 20.3 Å². The molecule has 1 amide bonds. The highest BCUT2D eigenvalue weighted by Gasteiger charge is 2.26. The Morgan fingerprint density at radius 1 is 1.20 bits per heavy atom. The second-order valence-electron chi connectivity index (χ2n) is 8.04. The Hall–Kier alpha value is -1.55. The minimum atomic E-state index is -0.00114. The zero-order valence-corrected chi connectivity index (χ0v) is 20.7. The van der Waals surface area contributed by atoms with Crippen molar-refractivity contribution in [1.29, 1.82) is 0 Å². The van der Waals surface area contributed by atoms with Crippen molar-refractivity contribution in [3.63, 3.8) is 0 Å². The lowest BCUT2D eigenvalue weighted by atomic mass is 10.2. The maximum Gasteiger partial charge on any atom is 0.234 e. The zero-order chi connectivity index (χ0) is 20.6. The number of piperazine rings is 1. The molecule has 1 aromatic carbocycles. The van der Waals surface area contributed by atoms with E-state index in [9.17, 15) is 4.79 Å². The monoisotopic (exact) mass is 529 g/mol. The molecule has 2 fully saturated rings. The summed E-state index contributed by atoms with van der Waals surface area (Å²) in [5.41, 5.74) is 1.22. The van der Waals surface area contributed by atoms with Gasteiger partial charge in [0.1, 0.15) is 11.9 Å². The summed E-state index contributed by atoms with van der Waals surface area (Å²) < 4.78 is 5.98. The first kappa shape index (κ1) is 24.7. The maximum absolute atomic E-state index is 12.0. The van der Waals surface area contributed by atoms with Crippen LogP contribution in [0.1, 0.15) is 32.3 Å². The number of hydrogen-bond donors (Lipinski definition) is 2. The topological polar surface area (TPSA) is 69.2 Å². The SMILES string of the molecule is CCNC(=NCC(C)Oc1ccc(C)cc1)N1CCN(CC(=O)NC2CC2)CC1.I. The second-order valence-corrected chi connectivity index (χ2v) is 8.04. The third-order valence-electron chi connectivity index (χ3n) is 5.17. The van der Waals surface area contributed by atoms with Crippen LogP contribution >= 0.6 is 24.0 Å². The van der Waals surface area contributed by atoms with Gasteiger partial charge in [-0.15, -0.1) is 24.0 Å². The molecule has 0 aromatic heterocycles. The number of hydrogen-bond acceptors (Lipinski definition) is 4. The van der Waals surface area contributed by atoms with Crippen molar-refractivity contribution >= 4 is 35.8 Å². The Morgan fingerprint density at radius 3 is 2.47 bits per heavy atom. The van der Waals surface area contributed by atoms with Gasteiger partial charge in [0.25, 0.3) is 0 Å². The van der Waals surface area contributed by atoms with Gasteiger partial charge in [-0.3, -0.25) is 9.69 Å². The van der Waals surface area contributed by atoms with E-state index in [0.717, 1.165) is 57.3 Å². The lowest BCUT2D eigenvalue weighted by molar-refractivity contribution is -0.122. The van der Waals surface area contributed by atoms with E-state index >= 15 is 0 Å². The molecule has 0 radical (unpaired) electrons. The number of ether oxygens (including phenoxy) is 1.